The van der Waals surface area contributed by atoms with Gasteiger partial charge in [0.2, 0.25) is 0 Å². The van der Waals surface area contributed by atoms with E-state index >= 15 is 0 Å². The number of ether oxygens (including phenoxy) is 2. The van der Waals surface area contributed by atoms with Crippen LogP contribution < -0.4 is 5.32 Å². The quantitative estimate of drug-likeness (QED) is 0.895. The molecule has 1 N–H and O–H groups in total. The standard InChI is InChI=1S/C13H14FN3O4S/c1-19-6-11-16-12(17-21-11)13(18)15-5-8-7-4-10(14)22-9(7)2-3-20-8/h4,8H,2-3,5-6H2,1H3,(H,15,18). The lowest BCUT2D eigenvalue weighted by Gasteiger charge is -2.23. The van der Waals surface area contributed by atoms with Crippen LogP contribution in [0.5, 0.6) is 0 Å². The van der Waals surface area contributed by atoms with Crippen molar-refractivity contribution >= 4 is 17.2 Å². The summed E-state index contributed by atoms with van der Waals surface area (Å²) in [6, 6.07) is 1.46. The first kappa shape index (κ1) is 15.1. The zero-order valence-electron chi connectivity index (χ0n) is 11.8. The fourth-order valence-electron chi connectivity index (χ4n) is 2.22. The van der Waals surface area contributed by atoms with Gasteiger partial charge in [0, 0.05) is 25.0 Å². The Hall–Kier alpha value is -1.84. The van der Waals surface area contributed by atoms with Gasteiger partial charge in [-0.1, -0.05) is 5.16 Å². The Morgan fingerprint density at radius 1 is 1.64 bits per heavy atom. The van der Waals surface area contributed by atoms with Gasteiger partial charge in [0.05, 0.1) is 6.61 Å². The second kappa shape index (κ2) is 6.51. The van der Waals surface area contributed by atoms with Gasteiger partial charge in [-0.2, -0.15) is 9.37 Å². The van der Waals surface area contributed by atoms with Gasteiger partial charge < -0.3 is 19.3 Å². The maximum absolute atomic E-state index is 13.3. The van der Waals surface area contributed by atoms with Crippen LogP contribution in [0.15, 0.2) is 10.6 Å². The number of thiophene rings is 1. The smallest absolute Gasteiger partial charge is 0.292 e. The molecule has 0 radical (unpaired) electrons. The first-order valence-corrected chi connectivity index (χ1v) is 7.48. The largest absolute Gasteiger partial charge is 0.375 e. The van der Waals surface area contributed by atoms with Gasteiger partial charge in [-0.3, -0.25) is 4.79 Å². The van der Waals surface area contributed by atoms with Gasteiger partial charge in [-0.05, 0) is 11.6 Å². The van der Waals surface area contributed by atoms with Gasteiger partial charge in [0.1, 0.15) is 12.7 Å². The third kappa shape index (κ3) is 3.16. The van der Waals surface area contributed by atoms with Crippen molar-refractivity contribution in [2.45, 2.75) is 19.1 Å². The first-order valence-electron chi connectivity index (χ1n) is 6.67. The van der Waals surface area contributed by atoms with Crippen LogP contribution in [0.25, 0.3) is 0 Å². The van der Waals surface area contributed by atoms with Gasteiger partial charge in [-0.25, -0.2) is 0 Å². The van der Waals surface area contributed by atoms with E-state index in [0.29, 0.717) is 13.0 Å². The average Bonchev–Trinajstić information content (AvgIpc) is 3.11. The van der Waals surface area contributed by atoms with Crippen molar-refractivity contribution in [2.24, 2.45) is 0 Å². The van der Waals surface area contributed by atoms with E-state index in [-0.39, 0.29) is 36.1 Å². The average molecular weight is 327 g/mol. The van der Waals surface area contributed by atoms with E-state index in [9.17, 15) is 9.18 Å². The van der Waals surface area contributed by atoms with E-state index in [1.165, 1.54) is 13.2 Å². The van der Waals surface area contributed by atoms with Crippen molar-refractivity contribution in [3.63, 3.8) is 0 Å². The van der Waals surface area contributed by atoms with E-state index in [1.807, 2.05) is 0 Å². The summed E-state index contributed by atoms with van der Waals surface area (Å²) < 4.78 is 28.6. The van der Waals surface area contributed by atoms with E-state index in [1.54, 1.807) is 0 Å². The van der Waals surface area contributed by atoms with Crippen LogP contribution in [0.2, 0.25) is 0 Å². The molecule has 1 atom stereocenters. The minimum atomic E-state index is -0.475. The Morgan fingerprint density at radius 3 is 3.32 bits per heavy atom. The summed E-state index contributed by atoms with van der Waals surface area (Å²) in [4.78, 5) is 16.8. The summed E-state index contributed by atoms with van der Waals surface area (Å²) in [5.74, 6) is -0.319. The predicted octanol–water partition coefficient (Wildman–Crippen LogP) is 1.46. The zero-order valence-corrected chi connectivity index (χ0v) is 12.6. The Morgan fingerprint density at radius 2 is 2.50 bits per heavy atom. The van der Waals surface area contributed by atoms with Crippen molar-refractivity contribution in [3.05, 3.63) is 33.4 Å². The summed E-state index contributed by atoms with van der Waals surface area (Å²) in [6.07, 6.45) is 0.332. The minimum absolute atomic E-state index is 0.0698. The van der Waals surface area contributed by atoms with Crippen LogP contribution in [0.1, 0.15) is 33.1 Å². The lowest BCUT2D eigenvalue weighted by molar-refractivity contribution is 0.0420. The van der Waals surface area contributed by atoms with E-state index in [4.69, 9.17) is 14.0 Å². The number of nitrogens with one attached hydrogen (secondary N) is 1. The molecule has 0 saturated heterocycles. The molecule has 1 aliphatic heterocycles. The highest BCUT2D eigenvalue weighted by Crippen LogP contribution is 2.32. The van der Waals surface area contributed by atoms with E-state index < -0.39 is 5.91 Å². The Bertz CT molecular complexity index is 672. The minimum Gasteiger partial charge on any atom is -0.375 e. The third-order valence-electron chi connectivity index (χ3n) is 3.19. The molecule has 22 heavy (non-hydrogen) atoms. The molecule has 0 bridgehead atoms. The van der Waals surface area contributed by atoms with Gasteiger partial charge in [0.25, 0.3) is 17.6 Å². The number of hydrogen-bond donors (Lipinski definition) is 1. The number of nitrogens with zero attached hydrogens (tertiary/aromatic N) is 2. The fourth-order valence-corrected chi connectivity index (χ4v) is 3.14. The maximum Gasteiger partial charge on any atom is 0.292 e. The number of rotatable bonds is 5. The molecule has 7 nitrogen and oxygen atoms in total. The molecule has 1 amide bonds. The van der Waals surface area contributed by atoms with Crippen LogP contribution in [0.4, 0.5) is 4.39 Å². The lowest BCUT2D eigenvalue weighted by atomic mass is 10.1. The van der Waals surface area contributed by atoms with Crippen LogP contribution in [0.3, 0.4) is 0 Å². The highest BCUT2D eigenvalue weighted by Gasteiger charge is 2.25. The number of aromatic nitrogens is 2. The molecule has 118 valence electrons. The summed E-state index contributed by atoms with van der Waals surface area (Å²) in [5.41, 5.74) is 0.794. The number of carbonyl (C=O) groups is 1. The van der Waals surface area contributed by atoms with Gasteiger partial charge in [0.15, 0.2) is 5.13 Å². The van der Waals surface area contributed by atoms with Crippen molar-refractivity contribution < 1.29 is 23.2 Å². The first-order chi connectivity index (χ1) is 10.7. The molecular formula is C13H14FN3O4S. The lowest BCUT2D eigenvalue weighted by Crippen LogP contribution is -2.32. The Labute approximate surface area is 129 Å². The second-order valence-corrected chi connectivity index (χ2v) is 5.78. The zero-order chi connectivity index (χ0) is 15.5. The normalized spacial score (nSPS) is 17.3. The summed E-state index contributed by atoms with van der Waals surface area (Å²) in [6.45, 7) is 0.868. The van der Waals surface area contributed by atoms with E-state index in [0.717, 1.165) is 21.8 Å². The fraction of sp³-hybridized carbons (Fsp3) is 0.462. The molecule has 1 unspecified atom stereocenters. The third-order valence-corrected chi connectivity index (χ3v) is 4.19. The van der Waals surface area contributed by atoms with Crippen LogP contribution in [-0.4, -0.2) is 36.3 Å². The highest BCUT2D eigenvalue weighted by atomic mass is 32.1. The van der Waals surface area contributed by atoms with Crippen molar-refractivity contribution in [1.82, 2.24) is 15.5 Å². The number of methoxy groups -OCH3 is 1. The number of hydrogen-bond acceptors (Lipinski definition) is 7. The van der Waals surface area contributed by atoms with E-state index in [2.05, 4.69) is 15.5 Å². The molecule has 2 aromatic rings. The monoisotopic (exact) mass is 327 g/mol. The summed E-state index contributed by atoms with van der Waals surface area (Å²) in [5, 5.41) is 6.00. The van der Waals surface area contributed by atoms with Crippen molar-refractivity contribution in [3.8, 4) is 0 Å². The number of halogens is 1. The molecule has 2 aromatic heterocycles. The summed E-state index contributed by atoms with van der Waals surface area (Å²) in [7, 11) is 1.49. The molecule has 3 heterocycles. The molecule has 0 aromatic carbocycles. The van der Waals surface area contributed by atoms with Crippen LogP contribution in [0, 0.1) is 5.13 Å². The molecule has 0 saturated carbocycles. The van der Waals surface area contributed by atoms with Crippen LogP contribution >= 0.6 is 11.3 Å². The molecule has 3 rings (SSSR count). The number of amides is 1. The van der Waals surface area contributed by atoms with Crippen molar-refractivity contribution in [1.29, 1.82) is 0 Å². The maximum atomic E-state index is 13.3. The molecule has 0 spiro atoms. The number of carbonyl (C=O) groups excluding carboxylic acids is 1. The Kier molecular flexibility index (Phi) is 4.46. The van der Waals surface area contributed by atoms with Gasteiger partial charge >= 0.3 is 0 Å². The van der Waals surface area contributed by atoms with Gasteiger partial charge in [-0.15, -0.1) is 11.3 Å². The molecule has 1 aliphatic rings. The molecule has 0 aliphatic carbocycles. The molecular weight excluding hydrogens is 313 g/mol. The summed E-state index contributed by atoms with van der Waals surface area (Å²) >= 11 is 1.12. The van der Waals surface area contributed by atoms with Crippen molar-refractivity contribution in [2.75, 3.05) is 20.3 Å². The predicted molar refractivity (Wildman–Crippen MR) is 74.0 cm³/mol. The number of fused-ring (bicyclic) bond motifs is 1. The van der Waals surface area contributed by atoms with Crippen LogP contribution in [-0.2, 0) is 22.5 Å². The molecule has 9 heteroatoms. The highest BCUT2D eigenvalue weighted by molar-refractivity contribution is 7.10. The SMILES string of the molecule is COCc1nc(C(=O)NCC2OCCc3sc(F)cc32)no1. The second-order valence-electron chi connectivity index (χ2n) is 4.69. The molecule has 0 fully saturated rings. The topological polar surface area (TPSA) is 86.5 Å². The Balaban J connectivity index is 1.61.